The van der Waals surface area contributed by atoms with Crippen molar-refractivity contribution < 1.29 is 8.78 Å². The van der Waals surface area contributed by atoms with Gasteiger partial charge < -0.3 is 5.32 Å². The standard InChI is InChI=1S/C14H17F2N3/c1-3-17-14(13-7-8-18-19(13)4-2)11-6-5-10(15)9-12(11)16/h5-9,14,17H,3-4H2,1-2H3. The van der Waals surface area contributed by atoms with Crippen molar-refractivity contribution in [3.05, 3.63) is 53.4 Å². The van der Waals surface area contributed by atoms with Gasteiger partial charge in [0.1, 0.15) is 11.6 Å². The molecule has 1 N–H and O–H groups in total. The fraction of sp³-hybridized carbons (Fsp3) is 0.357. The van der Waals surface area contributed by atoms with E-state index >= 15 is 0 Å². The molecule has 2 rings (SSSR count). The van der Waals surface area contributed by atoms with Crippen LogP contribution in [0.5, 0.6) is 0 Å². The highest BCUT2D eigenvalue weighted by Gasteiger charge is 2.20. The fourth-order valence-corrected chi connectivity index (χ4v) is 2.17. The summed E-state index contributed by atoms with van der Waals surface area (Å²) in [5.41, 5.74) is 1.30. The van der Waals surface area contributed by atoms with Gasteiger partial charge in [0.15, 0.2) is 0 Å². The molecule has 1 atom stereocenters. The average Bonchev–Trinajstić information content (AvgIpc) is 2.85. The Morgan fingerprint density at radius 1 is 1.26 bits per heavy atom. The summed E-state index contributed by atoms with van der Waals surface area (Å²) in [5, 5.41) is 7.40. The Bertz CT molecular complexity index is 551. The Labute approximate surface area is 111 Å². The van der Waals surface area contributed by atoms with Crippen molar-refractivity contribution in [1.82, 2.24) is 15.1 Å². The summed E-state index contributed by atoms with van der Waals surface area (Å²) in [7, 11) is 0. The molecule has 2 aromatic rings. The molecule has 0 amide bonds. The Kier molecular flexibility index (Phi) is 4.27. The molecule has 0 aliphatic rings. The maximum atomic E-state index is 13.9. The third-order valence-corrected chi connectivity index (χ3v) is 3.03. The van der Waals surface area contributed by atoms with Crippen molar-refractivity contribution in [1.29, 1.82) is 0 Å². The summed E-state index contributed by atoms with van der Waals surface area (Å²) < 4.78 is 28.8. The van der Waals surface area contributed by atoms with Crippen LogP contribution in [0.1, 0.15) is 31.1 Å². The van der Waals surface area contributed by atoms with E-state index < -0.39 is 11.6 Å². The van der Waals surface area contributed by atoms with E-state index in [2.05, 4.69) is 10.4 Å². The summed E-state index contributed by atoms with van der Waals surface area (Å²) in [6.45, 7) is 5.30. The first kappa shape index (κ1) is 13.7. The number of hydrogen-bond donors (Lipinski definition) is 1. The van der Waals surface area contributed by atoms with Crippen molar-refractivity contribution in [3.8, 4) is 0 Å². The van der Waals surface area contributed by atoms with Crippen molar-refractivity contribution >= 4 is 0 Å². The maximum absolute atomic E-state index is 13.9. The highest BCUT2D eigenvalue weighted by Crippen LogP contribution is 2.24. The fourth-order valence-electron chi connectivity index (χ4n) is 2.17. The maximum Gasteiger partial charge on any atom is 0.131 e. The Morgan fingerprint density at radius 2 is 2.05 bits per heavy atom. The molecule has 19 heavy (non-hydrogen) atoms. The van der Waals surface area contributed by atoms with Crippen LogP contribution in [0.3, 0.4) is 0 Å². The molecule has 0 spiro atoms. The van der Waals surface area contributed by atoms with Crippen LogP contribution in [-0.2, 0) is 6.54 Å². The van der Waals surface area contributed by atoms with Crippen molar-refractivity contribution in [2.75, 3.05) is 6.54 Å². The normalized spacial score (nSPS) is 12.6. The number of hydrogen-bond acceptors (Lipinski definition) is 2. The minimum Gasteiger partial charge on any atom is -0.305 e. The molecule has 0 fully saturated rings. The molecular weight excluding hydrogens is 248 g/mol. The quantitative estimate of drug-likeness (QED) is 0.901. The number of benzene rings is 1. The molecular formula is C14H17F2N3. The van der Waals surface area contributed by atoms with E-state index in [1.165, 1.54) is 12.1 Å². The van der Waals surface area contributed by atoms with Gasteiger partial charge in [-0.3, -0.25) is 4.68 Å². The van der Waals surface area contributed by atoms with Gasteiger partial charge in [-0.05, 0) is 25.6 Å². The monoisotopic (exact) mass is 265 g/mol. The summed E-state index contributed by atoms with van der Waals surface area (Å²) in [4.78, 5) is 0. The minimum atomic E-state index is -0.569. The third kappa shape index (κ3) is 2.81. The zero-order valence-electron chi connectivity index (χ0n) is 11.0. The molecule has 3 nitrogen and oxygen atoms in total. The first-order chi connectivity index (χ1) is 9.17. The number of halogens is 2. The number of aromatic nitrogens is 2. The molecule has 1 heterocycles. The number of rotatable bonds is 5. The topological polar surface area (TPSA) is 29.9 Å². The van der Waals surface area contributed by atoms with E-state index in [0.29, 0.717) is 18.7 Å². The molecule has 5 heteroatoms. The molecule has 1 aromatic carbocycles. The summed E-state index contributed by atoms with van der Waals surface area (Å²) in [5.74, 6) is -1.12. The largest absolute Gasteiger partial charge is 0.305 e. The predicted molar refractivity (Wildman–Crippen MR) is 69.8 cm³/mol. The number of nitrogens with one attached hydrogen (secondary N) is 1. The van der Waals surface area contributed by atoms with Crippen LogP contribution in [-0.4, -0.2) is 16.3 Å². The van der Waals surface area contributed by atoms with Crippen LogP contribution < -0.4 is 5.32 Å². The van der Waals surface area contributed by atoms with E-state index in [1.54, 1.807) is 10.9 Å². The van der Waals surface area contributed by atoms with Gasteiger partial charge in [-0.1, -0.05) is 13.0 Å². The predicted octanol–water partition coefficient (Wildman–Crippen LogP) is 2.88. The van der Waals surface area contributed by atoms with Crippen LogP contribution in [0.2, 0.25) is 0 Å². The van der Waals surface area contributed by atoms with Gasteiger partial charge in [-0.25, -0.2) is 8.78 Å². The number of aryl methyl sites for hydroxylation is 1. The van der Waals surface area contributed by atoms with E-state index in [4.69, 9.17) is 0 Å². The lowest BCUT2D eigenvalue weighted by atomic mass is 10.0. The van der Waals surface area contributed by atoms with Crippen LogP contribution >= 0.6 is 0 Å². The molecule has 1 aromatic heterocycles. The number of nitrogens with zero attached hydrogens (tertiary/aromatic N) is 2. The molecule has 0 radical (unpaired) electrons. The van der Waals surface area contributed by atoms with Crippen LogP contribution in [0.15, 0.2) is 30.5 Å². The van der Waals surface area contributed by atoms with E-state index in [-0.39, 0.29) is 6.04 Å². The van der Waals surface area contributed by atoms with Gasteiger partial charge in [-0.2, -0.15) is 5.10 Å². The van der Waals surface area contributed by atoms with Gasteiger partial charge >= 0.3 is 0 Å². The third-order valence-electron chi connectivity index (χ3n) is 3.03. The van der Waals surface area contributed by atoms with Crippen LogP contribution in [0.25, 0.3) is 0 Å². The molecule has 0 aliphatic carbocycles. The van der Waals surface area contributed by atoms with Crippen molar-refractivity contribution in [2.24, 2.45) is 0 Å². The molecule has 0 bridgehead atoms. The lowest BCUT2D eigenvalue weighted by molar-refractivity contribution is 0.509. The smallest absolute Gasteiger partial charge is 0.131 e. The van der Waals surface area contributed by atoms with E-state index in [1.807, 2.05) is 19.9 Å². The van der Waals surface area contributed by atoms with Crippen molar-refractivity contribution in [3.63, 3.8) is 0 Å². The van der Waals surface area contributed by atoms with Gasteiger partial charge in [0.05, 0.1) is 11.7 Å². The van der Waals surface area contributed by atoms with Crippen LogP contribution in [0.4, 0.5) is 8.78 Å². The summed E-state index contributed by atoms with van der Waals surface area (Å²) in [6.07, 6.45) is 1.69. The molecule has 0 saturated carbocycles. The zero-order valence-corrected chi connectivity index (χ0v) is 11.0. The molecule has 1 unspecified atom stereocenters. The van der Waals surface area contributed by atoms with Crippen LogP contribution in [0, 0.1) is 11.6 Å². The second kappa shape index (κ2) is 5.93. The Balaban J connectivity index is 2.45. The van der Waals surface area contributed by atoms with Gasteiger partial charge in [0, 0.05) is 24.4 Å². The summed E-state index contributed by atoms with van der Waals surface area (Å²) >= 11 is 0. The highest BCUT2D eigenvalue weighted by molar-refractivity contribution is 5.29. The van der Waals surface area contributed by atoms with E-state index in [0.717, 1.165) is 11.8 Å². The van der Waals surface area contributed by atoms with Gasteiger partial charge in [0.2, 0.25) is 0 Å². The second-order valence-electron chi connectivity index (χ2n) is 4.23. The molecule has 0 saturated heterocycles. The van der Waals surface area contributed by atoms with Gasteiger partial charge in [0.25, 0.3) is 0 Å². The first-order valence-electron chi connectivity index (χ1n) is 6.37. The highest BCUT2D eigenvalue weighted by atomic mass is 19.1. The zero-order chi connectivity index (χ0) is 13.8. The minimum absolute atomic E-state index is 0.326. The first-order valence-corrected chi connectivity index (χ1v) is 6.37. The molecule has 102 valence electrons. The average molecular weight is 265 g/mol. The summed E-state index contributed by atoms with van der Waals surface area (Å²) in [6, 6.07) is 5.18. The lowest BCUT2D eigenvalue weighted by Crippen LogP contribution is -2.25. The SMILES string of the molecule is CCNC(c1ccc(F)cc1F)c1ccnn1CC. The molecule has 0 aliphatic heterocycles. The van der Waals surface area contributed by atoms with Gasteiger partial charge in [-0.15, -0.1) is 0 Å². The van der Waals surface area contributed by atoms with Crippen molar-refractivity contribution in [2.45, 2.75) is 26.4 Å². The van der Waals surface area contributed by atoms with E-state index in [9.17, 15) is 8.78 Å². The Hall–Kier alpha value is -1.75. The Morgan fingerprint density at radius 3 is 2.68 bits per heavy atom. The lowest BCUT2D eigenvalue weighted by Gasteiger charge is -2.20. The second-order valence-corrected chi connectivity index (χ2v) is 4.23.